The van der Waals surface area contributed by atoms with E-state index in [2.05, 4.69) is 30.4 Å². The van der Waals surface area contributed by atoms with E-state index in [-0.39, 0.29) is 5.38 Å². The van der Waals surface area contributed by atoms with Gasteiger partial charge in [-0.3, -0.25) is 0 Å². The van der Waals surface area contributed by atoms with Crippen molar-refractivity contribution in [3.63, 3.8) is 0 Å². The molecule has 0 heterocycles. The lowest BCUT2D eigenvalue weighted by atomic mass is 10.1. The molecular weight excluding hydrogens is 254 g/mol. The van der Waals surface area contributed by atoms with E-state index in [0.29, 0.717) is 0 Å². The number of nitrogens with one attached hydrogen (secondary N) is 1. The Bertz CT molecular complexity index is 336. The molecule has 1 nitrogen and oxygen atoms in total. The van der Waals surface area contributed by atoms with Gasteiger partial charge in [0.2, 0.25) is 0 Å². The molecule has 1 aromatic rings. The van der Waals surface area contributed by atoms with Crippen LogP contribution in [0.15, 0.2) is 24.3 Å². The Labute approximate surface area is 123 Å². The fourth-order valence-corrected chi connectivity index (χ4v) is 2.50. The molecule has 19 heavy (non-hydrogen) atoms. The van der Waals surface area contributed by atoms with Crippen LogP contribution in [0, 0.1) is 0 Å². The highest BCUT2D eigenvalue weighted by atomic mass is 35.5. The number of alkyl halides is 1. The number of hydrogen-bond donors (Lipinski definition) is 1. The minimum Gasteiger partial charge on any atom is -0.385 e. The Balaban J connectivity index is 2.16. The second kappa shape index (κ2) is 10.1. The van der Waals surface area contributed by atoms with E-state index >= 15 is 0 Å². The highest BCUT2D eigenvalue weighted by Crippen LogP contribution is 2.26. The van der Waals surface area contributed by atoms with Gasteiger partial charge in [-0.1, -0.05) is 63.6 Å². The molecule has 1 rings (SSSR count). The van der Waals surface area contributed by atoms with Gasteiger partial charge in [0.05, 0.1) is 5.38 Å². The standard InChI is InChI=1S/C17H28ClN/c1-3-4-5-6-7-8-11-14-19-17-13-10-9-12-16(17)15(2)18/h9-10,12-13,15,19H,3-8,11,14H2,1-2H3. The monoisotopic (exact) mass is 281 g/mol. The second-order valence-corrected chi connectivity index (χ2v) is 5.91. The van der Waals surface area contributed by atoms with Crippen LogP contribution in [0.4, 0.5) is 5.69 Å². The zero-order valence-electron chi connectivity index (χ0n) is 12.4. The van der Waals surface area contributed by atoms with Crippen LogP contribution >= 0.6 is 11.6 Å². The van der Waals surface area contributed by atoms with Gasteiger partial charge in [0.25, 0.3) is 0 Å². The number of unbranched alkanes of at least 4 members (excludes halogenated alkanes) is 6. The fourth-order valence-electron chi connectivity index (χ4n) is 2.31. The van der Waals surface area contributed by atoms with Crippen molar-refractivity contribution in [1.29, 1.82) is 0 Å². The van der Waals surface area contributed by atoms with Crippen molar-refractivity contribution in [1.82, 2.24) is 0 Å². The summed E-state index contributed by atoms with van der Waals surface area (Å²) in [4.78, 5) is 0. The van der Waals surface area contributed by atoms with Crippen LogP contribution in [0.5, 0.6) is 0 Å². The molecule has 0 aliphatic heterocycles. The zero-order chi connectivity index (χ0) is 13.9. The van der Waals surface area contributed by atoms with Crippen molar-refractivity contribution in [2.24, 2.45) is 0 Å². The molecular formula is C17H28ClN. The summed E-state index contributed by atoms with van der Waals surface area (Å²) >= 11 is 6.18. The number of anilines is 1. The molecule has 1 unspecified atom stereocenters. The largest absolute Gasteiger partial charge is 0.385 e. The molecule has 0 spiro atoms. The summed E-state index contributed by atoms with van der Waals surface area (Å²) in [7, 11) is 0. The molecule has 0 saturated carbocycles. The minimum absolute atomic E-state index is 0.0674. The average Bonchev–Trinajstić information content (AvgIpc) is 2.42. The highest BCUT2D eigenvalue weighted by molar-refractivity contribution is 6.21. The van der Waals surface area contributed by atoms with E-state index in [1.165, 1.54) is 56.2 Å². The molecule has 0 aliphatic rings. The van der Waals surface area contributed by atoms with Crippen LogP contribution in [0.25, 0.3) is 0 Å². The Morgan fingerprint density at radius 1 is 1.00 bits per heavy atom. The third-order valence-corrected chi connectivity index (χ3v) is 3.72. The molecule has 0 bridgehead atoms. The zero-order valence-corrected chi connectivity index (χ0v) is 13.2. The van der Waals surface area contributed by atoms with Crippen LogP contribution < -0.4 is 5.32 Å². The minimum atomic E-state index is 0.0674. The van der Waals surface area contributed by atoms with Gasteiger partial charge in [-0.05, 0) is 25.0 Å². The van der Waals surface area contributed by atoms with Crippen molar-refractivity contribution in [3.05, 3.63) is 29.8 Å². The lowest BCUT2D eigenvalue weighted by Gasteiger charge is -2.13. The van der Waals surface area contributed by atoms with Gasteiger partial charge in [-0.2, -0.15) is 0 Å². The first-order valence-electron chi connectivity index (χ1n) is 7.72. The van der Waals surface area contributed by atoms with Crippen molar-refractivity contribution >= 4 is 17.3 Å². The lowest BCUT2D eigenvalue weighted by molar-refractivity contribution is 0.596. The molecule has 0 radical (unpaired) electrons. The number of halogens is 1. The normalized spacial score (nSPS) is 12.4. The van der Waals surface area contributed by atoms with Crippen molar-refractivity contribution in [2.75, 3.05) is 11.9 Å². The van der Waals surface area contributed by atoms with Crippen LogP contribution in [0.3, 0.4) is 0 Å². The van der Waals surface area contributed by atoms with Gasteiger partial charge >= 0.3 is 0 Å². The number of benzene rings is 1. The maximum absolute atomic E-state index is 6.18. The topological polar surface area (TPSA) is 12.0 Å². The van der Waals surface area contributed by atoms with Crippen LogP contribution in [0.2, 0.25) is 0 Å². The van der Waals surface area contributed by atoms with E-state index < -0.39 is 0 Å². The number of para-hydroxylation sites is 1. The first kappa shape index (κ1) is 16.4. The molecule has 0 amide bonds. The predicted molar refractivity (Wildman–Crippen MR) is 87.2 cm³/mol. The molecule has 108 valence electrons. The molecule has 0 aliphatic carbocycles. The summed E-state index contributed by atoms with van der Waals surface area (Å²) in [5.74, 6) is 0. The van der Waals surface area contributed by atoms with Crippen molar-refractivity contribution in [3.8, 4) is 0 Å². The van der Waals surface area contributed by atoms with Crippen LogP contribution in [-0.4, -0.2) is 6.54 Å². The Morgan fingerprint density at radius 3 is 2.32 bits per heavy atom. The lowest BCUT2D eigenvalue weighted by Crippen LogP contribution is -2.04. The summed E-state index contributed by atoms with van der Waals surface area (Å²) < 4.78 is 0. The van der Waals surface area contributed by atoms with E-state index in [1.807, 2.05) is 13.0 Å². The molecule has 1 aromatic carbocycles. The third kappa shape index (κ3) is 6.87. The molecule has 2 heteroatoms. The summed E-state index contributed by atoms with van der Waals surface area (Å²) in [6, 6.07) is 8.34. The molecule has 0 saturated heterocycles. The number of rotatable bonds is 10. The average molecular weight is 282 g/mol. The first-order chi connectivity index (χ1) is 9.25. The summed E-state index contributed by atoms with van der Waals surface area (Å²) in [5, 5.41) is 3.58. The highest BCUT2D eigenvalue weighted by Gasteiger charge is 2.06. The van der Waals surface area contributed by atoms with Gasteiger partial charge in [0, 0.05) is 12.2 Å². The van der Waals surface area contributed by atoms with E-state index in [1.54, 1.807) is 0 Å². The summed E-state index contributed by atoms with van der Waals surface area (Å²) in [6.45, 7) is 5.34. The SMILES string of the molecule is CCCCCCCCCNc1ccccc1C(C)Cl. The van der Waals surface area contributed by atoms with Crippen LogP contribution in [-0.2, 0) is 0 Å². The van der Waals surface area contributed by atoms with Gasteiger partial charge in [0.1, 0.15) is 0 Å². The van der Waals surface area contributed by atoms with Gasteiger partial charge in [0.15, 0.2) is 0 Å². The molecule has 1 atom stereocenters. The third-order valence-electron chi connectivity index (χ3n) is 3.49. The quantitative estimate of drug-likeness (QED) is 0.401. The summed E-state index contributed by atoms with van der Waals surface area (Å²) in [6.07, 6.45) is 9.45. The van der Waals surface area contributed by atoms with Crippen molar-refractivity contribution < 1.29 is 0 Å². The van der Waals surface area contributed by atoms with Crippen molar-refractivity contribution in [2.45, 2.75) is 64.2 Å². The van der Waals surface area contributed by atoms with E-state index in [0.717, 1.165) is 6.54 Å². The Morgan fingerprint density at radius 2 is 1.63 bits per heavy atom. The predicted octanol–water partition coefficient (Wildman–Crippen LogP) is 6.15. The maximum Gasteiger partial charge on any atom is 0.0577 e. The first-order valence-corrected chi connectivity index (χ1v) is 8.16. The maximum atomic E-state index is 6.18. The molecule has 0 aromatic heterocycles. The molecule has 1 N–H and O–H groups in total. The number of hydrogen-bond acceptors (Lipinski definition) is 1. The van der Waals surface area contributed by atoms with Gasteiger partial charge in [-0.25, -0.2) is 0 Å². The van der Waals surface area contributed by atoms with Crippen LogP contribution in [0.1, 0.15) is 69.7 Å². The Kier molecular flexibility index (Phi) is 8.73. The second-order valence-electron chi connectivity index (χ2n) is 5.25. The van der Waals surface area contributed by atoms with E-state index in [9.17, 15) is 0 Å². The van der Waals surface area contributed by atoms with Gasteiger partial charge in [-0.15, -0.1) is 11.6 Å². The van der Waals surface area contributed by atoms with E-state index in [4.69, 9.17) is 11.6 Å². The molecule has 0 fully saturated rings. The summed E-state index contributed by atoms with van der Waals surface area (Å²) in [5.41, 5.74) is 2.39. The smallest absolute Gasteiger partial charge is 0.0577 e. The van der Waals surface area contributed by atoms with Gasteiger partial charge < -0.3 is 5.32 Å². The fraction of sp³-hybridized carbons (Fsp3) is 0.647. The Hall–Kier alpha value is -0.690.